The molecule has 0 radical (unpaired) electrons. The van der Waals surface area contributed by atoms with Crippen LogP contribution in [0.15, 0.2) is 18.2 Å². The van der Waals surface area contributed by atoms with Gasteiger partial charge in [0.25, 0.3) is 0 Å². The monoisotopic (exact) mass is 224 g/mol. The molecule has 1 rings (SSSR count). The van der Waals surface area contributed by atoms with Crippen molar-refractivity contribution in [1.82, 2.24) is 0 Å². The predicted octanol–water partition coefficient (Wildman–Crippen LogP) is 2.58. The molecular weight excluding hydrogens is 204 g/mol. The minimum Gasteiger partial charge on any atom is -0.497 e. The number of hydrogen-bond acceptors (Lipinski definition) is 3. The van der Waals surface area contributed by atoms with Crippen LogP contribution in [0.2, 0.25) is 0 Å². The summed E-state index contributed by atoms with van der Waals surface area (Å²) in [5.74, 6) is 1.61. The van der Waals surface area contributed by atoms with Crippen LogP contribution in [-0.2, 0) is 0 Å². The van der Waals surface area contributed by atoms with Gasteiger partial charge in [-0.15, -0.1) is 0 Å². The van der Waals surface area contributed by atoms with Gasteiger partial charge in [-0.1, -0.05) is 13.8 Å². The molecule has 0 aliphatic carbocycles. The van der Waals surface area contributed by atoms with Crippen molar-refractivity contribution < 1.29 is 14.6 Å². The molecule has 3 heteroatoms. The number of ether oxygens (including phenoxy) is 2. The van der Waals surface area contributed by atoms with Crippen molar-refractivity contribution in [3.63, 3.8) is 0 Å². The summed E-state index contributed by atoms with van der Waals surface area (Å²) in [6, 6.07) is 5.64. The van der Waals surface area contributed by atoms with Gasteiger partial charge < -0.3 is 14.6 Å². The van der Waals surface area contributed by atoms with Crippen LogP contribution in [-0.4, -0.2) is 25.4 Å². The second-order valence-electron chi connectivity index (χ2n) is 3.87. The molecule has 0 fully saturated rings. The molecule has 0 aromatic heterocycles. The molecule has 90 valence electrons. The summed E-state index contributed by atoms with van der Waals surface area (Å²) < 4.78 is 10.5. The number of hydrogen-bond donors (Lipinski definition) is 1. The molecule has 0 bridgehead atoms. The zero-order valence-electron chi connectivity index (χ0n) is 10.4. The van der Waals surface area contributed by atoms with E-state index in [1.54, 1.807) is 14.2 Å². The van der Waals surface area contributed by atoms with E-state index >= 15 is 0 Å². The third-order valence-corrected chi connectivity index (χ3v) is 2.92. The van der Waals surface area contributed by atoms with Crippen LogP contribution >= 0.6 is 0 Å². The molecule has 2 atom stereocenters. The Balaban J connectivity index is 3.07. The fourth-order valence-corrected chi connectivity index (χ4v) is 1.76. The van der Waals surface area contributed by atoms with Crippen LogP contribution < -0.4 is 9.47 Å². The Morgan fingerprint density at radius 2 is 1.94 bits per heavy atom. The van der Waals surface area contributed by atoms with Crippen molar-refractivity contribution in [2.75, 3.05) is 14.2 Å². The highest BCUT2D eigenvalue weighted by Gasteiger charge is 2.18. The third kappa shape index (κ3) is 2.67. The molecule has 3 nitrogen and oxygen atoms in total. The van der Waals surface area contributed by atoms with E-state index < -0.39 is 0 Å². The van der Waals surface area contributed by atoms with Crippen LogP contribution in [0.5, 0.6) is 11.5 Å². The standard InChI is InChI=1S/C13H20O3/c1-5-12(14)9(2)11-8-10(15-3)6-7-13(11)16-4/h6-9,12,14H,5H2,1-4H3. The lowest BCUT2D eigenvalue weighted by atomic mass is 9.93. The molecule has 0 amide bonds. The molecule has 1 N–H and O–H groups in total. The van der Waals surface area contributed by atoms with E-state index in [0.29, 0.717) is 0 Å². The fourth-order valence-electron chi connectivity index (χ4n) is 1.76. The summed E-state index contributed by atoms with van der Waals surface area (Å²) in [5.41, 5.74) is 0.983. The van der Waals surface area contributed by atoms with Crippen LogP contribution in [0, 0.1) is 0 Å². The van der Waals surface area contributed by atoms with Gasteiger partial charge in [-0.3, -0.25) is 0 Å². The number of aliphatic hydroxyl groups excluding tert-OH is 1. The zero-order chi connectivity index (χ0) is 12.1. The van der Waals surface area contributed by atoms with Gasteiger partial charge in [0.2, 0.25) is 0 Å². The predicted molar refractivity (Wildman–Crippen MR) is 64.3 cm³/mol. The van der Waals surface area contributed by atoms with E-state index in [0.717, 1.165) is 23.5 Å². The van der Waals surface area contributed by atoms with E-state index in [1.807, 2.05) is 32.0 Å². The Morgan fingerprint density at radius 3 is 2.44 bits per heavy atom. The summed E-state index contributed by atoms with van der Waals surface area (Å²) in [6.45, 7) is 3.96. The molecule has 0 aliphatic heterocycles. The highest BCUT2D eigenvalue weighted by molar-refractivity contribution is 5.42. The molecule has 0 saturated heterocycles. The summed E-state index contributed by atoms with van der Waals surface area (Å²) in [6.07, 6.45) is 0.364. The number of rotatable bonds is 5. The highest BCUT2D eigenvalue weighted by atomic mass is 16.5. The summed E-state index contributed by atoms with van der Waals surface area (Å²) >= 11 is 0. The maximum atomic E-state index is 9.87. The van der Waals surface area contributed by atoms with Gasteiger partial charge in [0, 0.05) is 11.5 Å². The molecule has 0 saturated carbocycles. The summed E-state index contributed by atoms with van der Waals surface area (Å²) in [7, 11) is 3.27. The van der Waals surface area contributed by atoms with Crippen LogP contribution in [0.4, 0.5) is 0 Å². The first kappa shape index (κ1) is 12.8. The molecule has 1 aromatic rings. The Morgan fingerprint density at radius 1 is 1.25 bits per heavy atom. The van der Waals surface area contributed by atoms with E-state index in [-0.39, 0.29) is 12.0 Å². The van der Waals surface area contributed by atoms with Crippen LogP contribution in [0.3, 0.4) is 0 Å². The van der Waals surface area contributed by atoms with Crippen LogP contribution in [0.25, 0.3) is 0 Å². The number of benzene rings is 1. The first-order chi connectivity index (χ1) is 7.63. The molecule has 0 aliphatic rings. The Bertz CT molecular complexity index is 336. The lowest BCUT2D eigenvalue weighted by Crippen LogP contribution is -2.15. The first-order valence-electron chi connectivity index (χ1n) is 5.54. The molecule has 1 aromatic carbocycles. The van der Waals surface area contributed by atoms with Gasteiger partial charge in [0.1, 0.15) is 11.5 Å². The second-order valence-corrected chi connectivity index (χ2v) is 3.87. The normalized spacial score (nSPS) is 14.3. The first-order valence-corrected chi connectivity index (χ1v) is 5.54. The number of methoxy groups -OCH3 is 2. The number of aliphatic hydroxyl groups is 1. The minimum atomic E-state index is -0.360. The highest BCUT2D eigenvalue weighted by Crippen LogP contribution is 2.32. The maximum absolute atomic E-state index is 9.87. The van der Waals surface area contributed by atoms with E-state index in [1.165, 1.54) is 0 Å². The molecule has 2 unspecified atom stereocenters. The molecular formula is C13H20O3. The zero-order valence-corrected chi connectivity index (χ0v) is 10.4. The average molecular weight is 224 g/mol. The third-order valence-electron chi connectivity index (χ3n) is 2.92. The van der Waals surface area contributed by atoms with Crippen molar-refractivity contribution in [3.8, 4) is 11.5 Å². The Labute approximate surface area is 97.0 Å². The lowest BCUT2D eigenvalue weighted by Gasteiger charge is -2.20. The van der Waals surface area contributed by atoms with Gasteiger partial charge in [-0.05, 0) is 24.6 Å². The van der Waals surface area contributed by atoms with Gasteiger partial charge >= 0.3 is 0 Å². The smallest absolute Gasteiger partial charge is 0.122 e. The van der Waals surface area contributed by atoms with Gasteiger partial charge in [0.15, 0.2) is 0 Å². The van der Waals surface area contributed by atoms with Crippen molar-refractivity contribution in [3.05, 3.63) is 23.8 Å². The SMILES string of the molecule is CCC(O)C(C)c1cc(OC)ccc1OC. The Hall–Kier alpha value is -1.22. The molecule has 0 spiro atoms. The largest absolute Gasteiger partial charge is 0.497 e. The average Bonchev–Trinajstić information content (AvgIpc) is 2.35. The second kappa shape index (κ2) is 5.75. The molecule has 16 heavy (non-hydrogen) atoms. The minimum absolute atomic E-state index is 0.0371. The van der Waals surface area contributed by atoms with Crippen molar-refractivity contribution in [1.29, 1.82) is 0 Å². The van der Waals surface area contributed by atoms with E-state index in [9.17, 15) is 5.11 Å². The topological polar surface area (TPSA) is 38.7 Å². The van der Waals surface area contributed by atoms with Gasteiger partial charge in [-0.25, -0.2) is 0 Å². The van der Waals surface area contributed by atoms with E-state index in [2.05, 4.69) is 0 Å². The van der Waals surface area contributed by atoms with Crippen molar-refractivity contribution in [2.45, 2.75) is 32.3 Å². The van der Waals surface area contributed by atoms with E-state index in [4.69, 9.17) is 9.47 Å². The fraction of sp³-hybridized carbons (Fsp3) is 0.538. The van der Waals surface area contributed by atoms with Crippen molar-refractivity contribution >= 4 is 0 Å². The van der Waals surface area contributed by atoms with Gasteiger partial charge in [0.05, 0.1) is 20.3 Å². The summed E-state index contributed by atoms with van der Waals surface area (Å²) in [4.78, 5) is 0. The maximum Gasteiger partial charge on any atom is 0.122 e. The summed E-state index contributed by atoms with van der Waals surface area (Å²) in [5, 5.41) is 9.87. The molecule has 0 heterocycles. The van der Waals surface area contributed by atoms with Crippen LogP contribution in [0.1, 0.15) is 31.7 Å². The van der Waals surface area contributed by atoms with Gasteiger partial charge in [-0.2, -0.15) is 0 Å². The van der Waals surface area contributed by atoms with Crippen molar-refractivity contribution in [2.24, 2.45) is 0 Å². The lowest BCUT2D eigenvalue weighted by molar-refractivity contribution is 0.144. The quantitative estimate of drug-likeness (QED) is 0.835. The Kier molecular flexibility index (Phi) is 4.62.